The van der Waals surface area contributed by atoms with E-state index in [2.05, 4.69) is 26.4 Å². The zero-order valence-corrected chi connectivity index (χ0v) is 10.9. The van der Waals surface area contributed by atoms with Crippen LogP contribution in [0.3, 0.4) is 0 Å². The summed E-state index contributed by atoms with van der Waals surface area (Å²) in [5.41, 5.74) is 0. The van der Waals surface area contributed by atoms with E-state index in [4.69, 9.17) is 0 Å². The lowest BCUT2D eigenvalue weighted by Crippen LogP contribution is -2.19. The lowest BCUT2D eigenvalue weighted by Gasteiger charge is -2.20. The Morgan fingerprint density at radius 1 is 1.25 bits per heavy atom. The summed E-state index contributed by atoms with van der Waals surface area (Å²) in [7, 11) is 0. The Morgan fingerprint density at radius 2 is 2.19 bits per heavy atom. The Hall–Kier alpha value is -0.290. The molecule has 1 saturated carbocycles. The molecule has 0 radical (unpaired) electrons. The van der Waals surface area contributed by atoms with Crippen molar-refractivity contribution in [3.8, 4) is 0 Å². The van der Waals surface area contributed by atoms with Crippen LogP contribution in [0.25, 0.3) is 0 Å². The Balaban J connectivity index is 1.49. The van der Waals surface area contributed by atoms with Gasteiger partial charge in [-0.3, -0.25) is 0 Å². The Morgan fingerprint density at radius 3 is 2.94 bits per heavy atom. The molecule has 1 atom stereocenters. The first-order chi connectivity index (χ1) is 7.92. The van der Waals surface area contributed by atoms with Gasteiger partial charge in [-0.1, -0.05) is 6.42 Å². The van der Waals surface area contributed by atoms with Gasteiger partial charge < -0.3 is 5.32 Å². The first-order valence-corrected chi connectivity index (χ1v) is 7.93. The van der Waals surface area contributed by atoms with Gasteiger partial charge in [0.25, 0.3) is 0 Å². The fourth-order valence-corrected chi connectivity index (χ4v) is 3.87. The molecule has 88 valence electrons. The van der Waals surface area contributed by atoms with E-state index in [0.29, 0.717) is 5.92 Å². The van der Waals surface area contributed by atoms with Crippen LogP contribution in [-0.2, 0) is 0 Å². The second kappa shape index (κ2) is 4.92. The van der Waals surface area contributed by atoms with E-state index >= 15 is 0 Å². The molecule has 0 amide bonds. The van der Waals surface area contributed by atoms with Crippen LogP contribution in [0.5, 0.6) is 0 Å². The minimum Gasteiger partial charge on any atom is -0.359 e. The topological polar surface area (TPSA) is 37.8 Å². The number of hydrogen-bond donors (Lipinski definition) is 1. The molecule has 3 rings (SSSR count). The highest BCUT2D eigenvalue weighted by molar-refractivity contribution is 7.99. The van der Waals surface area contributed by atoms with E-state index in [9.17, 15) is 0 Å². The van der Waals surface area contributed by atoms with Gasteiger partial charge in [0.15, 0.2) is 0 Å². The minimum absolute atomic E-state index is 0.677. The quantitative estimate of drug-likeness (QED) is 0.897. The van der Waals surface area contributed by atoms with Crippen LogP contribution >= 0.6 is 23.3 Å². The molecule has 1 aromatic rings. The molecule has 1 aromatic heterocycles. The van der Waals surface area contributed by atoms with Crippen LogP contribution in [0.1, 0.15) is 43.8 Å². The van der Waals surface area contributed by atoms with Gasteiger partial charge in [-0.05, 0) is 31.4 Å². The predicted octanol–water partition coefficient (Wildman–Crippen LogP) is 3.11. The first-order valence-electron chi connectivity index (χ1n) is 6.11. The maximum absolute atomic E-state index is 4.54. The standard InChI is InChI=1S/C11H17N3S2/c1-2-6-15-9(3-1)7-12-11-13-10(14-16-11)8-4-5-8/h8-9H,1-7H2,(H,12,13,14). The van der Waals surface area contributed by atoms with Gasteiger partial charge >= 0.3 is 0 Å². The molecule has 2 aliphatic rings. The van der Waals surface area contributed by atoms with Crippen molar-refractivity contribution in [2.75, 3.05) is 17.6 Å². The van der Waals surface area contributed by atoms with Crippen molar-refractivity contribution in [1.29, 1.82) is 0 Å². The maximum atomic E-state index is 4.54. The Bertz CT molecular complexity index is 343. The minimum atomic E-state index is 0.677. The summed E-state index contributed by atoms with van der Waals surface area (Å²) < 4.78 is 4.40. The van der Waals surface area contributed by atoms with Crippen molar-refractivity contribution in [1.82, 2.24) is 9.36 Å². The Kier molecular flexibility index (Phi) is 3.33. The zero-order chi connectivity index (χ0) is 10.8. The summed E-state index contributed by atoms with van der Waals surface area (Å²) >= 11 is 3.63. The van der Waals surface area contributed by atoms with Gasteiger partial charge in [-0.15, -0.1) is 0 Å². The van der Waals surface area contributed by atoms with E-state index in [-0.39, 0.29) is 0 Å². The summed E-state index contributed by atoms with van der Waals surface area (Å²) in [6.45, 7) is 1.06. The number of thioether (sulfide) groups is 1. The first kappa shape index (κ1) is 10.8. The summed E-state index contributed by atoms with van der Waals surface area (Å²) in [6.07, 6.45) is 6.71. The van der Waals surface area contributed by atoms with Crippen LogP contribution < -0.4 is 5.32 Å². The number of hydrogen-bond acceptors (Lipinski definition) is 5. The average Bonchev–Trinajstić information content (AvgIpc) is 3.08. The highest BCUT2D eigenvalue weighted by Gasteiger charge is 2.27. The summed E-state index contributed by atoms with van der Waals surface area (Å²) in [4.78, 5) is 4.54. The predicted molar refractivity (Wildman–Crippen MR) is 70.5 cm³/mol. The molecule has 0 bridgehead atoms. The third kappa shape index (κ3) is 2.69. The van der Waals surface area contributed by atoms with E-state index in [1.54, 1.807) is 0 Å². The number of nitrogens with one attached hydrogen (secondary N) is 1. The van der Waals surface area contributed by atoms with Crippen LogP contribution in [0, 0.1) is 0 Å². The molecule has 1 aliphatic carbocycles. The molecule has 2 fully saturated rings. The summed E-state index contributed by atoms with van der Waals surface area (Å²) in [5, 5.41) is 5.24. The van der Waals surface area contributed by atoms with Gasteiger partial charge in [0.1, 0.15) is 5.82 Å². The van der Waals surface area contributed by atoms with Gasteiger partial charge in [0, 0.05) is 29.2 Å². The molecule has 1 N–H and O–H groups in total. The van der Waals surface area contributed by atoms with E-state index in [1.165, 1.54) is 49.4 Å². The number of aromatic nitrogens is 2. The largest absolute Gasteiger partial charge is 0.359 e. The smallest absolute Gasteiger partial charge is 0.202 e. The third-order valence-corrected chi connectivity index (χ3v) is 5.22. The monoisotopic (exact) mass is 255 g/mol. The van der Waals surface area contributed by atoms with Crippen molar-refractivity contribution in [3.63, 3.8) is 0 Å². The molecule has 1 saturated heterocycles. The van der Waals surface area contributed by atoms with Crippen molar-refractivity contribution in [3.05, 3.63) is 5.82 Å². The molecular formula is C11H17N3S2. The van der Waals surface area contributed by atoms with Crippen molar-refractivity contribution < 1.29 is 0 Å². The highest BCUT2D eigenvalue weighted by atomic mass is 32.2. The lowest BCUT2D eigenvalue weighted by molar-refractivity contribution is 0.677. The van der Waals surface area contributed by atoms with E-state index in [1.807, 2.05) is 0 Å². The molecule has 0 spiro atoms. The van der Waals surface area contributed by atoms with Crippen LogP contribution in [0.15, 0.2) is 0 Å². The van der Waals surface area contributed by atoms with Gasteiger partial charge in [-0.2, -0.15) is 16.1 Å². The molecule has 1 aliphatic heterocycles. The van der Waals surface area contributed by atoms with Gasteiger partial charge in [0.2, 0.25) is 5.13 Å². The fourth-order valence-electron chi connectivity index (χ4n) is 1.98. The highest BCUT2D eigenvalue weighted by Crippen LogP contribution is 2.39. The summed E-state index contributed by atoms with van der Waals surface area (Å²) in [6, 6.07) is 0. The molecular weight excluding hydrogens is 238 g/mol. The maximum Gasteiger partial charge on any atom is 0.202 e. The average molecular weight is 255 g/mol. The van der Waals surface area contributed by atoms with Crippen LogP contribution in [0.2, 0.25) is 0 Å². The zero-order valence-electron chi connectivity index (χ0n) is 9.32. The van der Waals surface area contributed by atoms with Gasteiger partial charge in [-0.25, -0.2) is 4.98 Å². The number of anilines is 1. The molecule has 3 nitrogen and oxygen atoms in total. The molecule has 2 heterocycles. The molecule has 0 aromatic carbocycles. The van der Waals surface area contributed by atoms with E-state index in [0.717, 1.165) is 22.8 Å². The van der Waals surface area contributed by atoms with E-state index < -0.39 is 0 Å². The van der Waals surface area contributed by atoms with Crippen molar-refractivity contribution in [2.24, 2.45) is 0 Å². The number of rotatable bonds is 4. The second-order valence-corrected chi connectivity index (χ2v) is 6.76. The Labute approximate surface area is 105 Å². The summed E-state index contributed by atoms with van der Waals surface area (Å²) in [5.74, 6) is 3.08. The molecule has 5 heteroatoms. The lowest BCUT2D eigenvalue weighted by atomic mass is 10.2. The van der Waals surface area contributed by atoms with Crippen molar-refractivity contribution >= 4 is 28.4 Å². The van der Waals surface area contributed by atoms with Crippen LogP contribution in [-0.4, -0.2) is 26.9 Å². The van der Waals surface area contributed by atoms with Crippen LogP contribution in [0.4, 0.5) is 5.13 Å². The molecule has 16 heavy (non-hydrogen) atoms. The van der Waals surface area contributed by atoms with Gasteiger partial charge in [0.05, 0.1) is 0 Å². The third-order valence-electron chi connectivity index (χ3n) is 3.14. The molecule has 1 unspecified atom stereocenters. The normalized spacial score (nSPS) is 25.6. The number of nitrogens with zero attached hydrogens (tertiary/aromatic N) is 2. The second-order valence-electron chi connectivity index (χ2n) is 4.60. The fraction of sp³-hybridized carbons (Fsp3) is 0.818. The van der Waals surface area contributed by atoms with Crippen molar-refractivity contribution in [2.45, 2.75) is 43.3 Å². The SMILES string of the molecule is C1CCC(CNc2nc(C3CC3)ns2)SC1.